The third-order valence-electron chi connectivity index (χ3n) is 3.66. The van der Waals surface area contributed by atoms with E-state index in [9.17, 15) is 14.7 Å². The van der Waals surface area contributed by atoms with Crippen LogP contribution in [0.4, 0.5) is 0 Å². The number of aliphatic hydroxyl groups is 1. The van der Waals surface area contributed by atoms with E-state index in [2.05, 4.69) is 16.9 Å². The van der Waals surface area contributed by atoms with Crippen LogP contribution < -0.4 is 11.2 Å². The number of H-pyrrole nitrogens is 1. The van der Waals surface area contributed by atoms with E-state index >= 15 is 0 Å². The molecule has 0 radical (unpaired) electrons. The van der Waals surface area contributed by atoms with Gasteiger partial charge in [-0.15, -0.1) is 0 Å². The van der Waals surface area contributed by atoms with E-state index in [4.69, 9.17) is 0 Å². The van der Waals surface area contributed by atoms with Gasteiger partial charge in [0.1, 0.15) is 0 Å². The number of aryl methyl sites for hydroxylation is 2. The fourth-order valence-corrected chi connectivity index (χ4v) is 3.30. The lowest BCUT2D eigenvalue weighted by Gasteiger charge is -2.09. The molecule has 0 amide bonds. The Kier molecular flexibility index (Phi) is 6.06. The van der Waals surface area contributed by atoms with Gasteiger partial charge in [0.2, 0.25) is 0 Å². The molecule has 1 atom stereocenters. The van der Waals surface area contributed by atoms with E-state index in [1.165, 1.54) is 16.3 Å². The van der Waals surface area contributed by atoms with Crippen molar-refractivity contribution in [3.8, 4) is 0 Å². The van der Waals surface area contributed by atoms with Crippen molar-refractivity contribution < 1.29 is 5.11 Å². The molecule has 0 aromatic carbocycles. The smallest absolute Gasteiger partial charge is 0.329 e. The summed E-state index contributed by atoms with van der Waals surface area (Å²) in [5.74, 6) is 0.490. The molecule has 0 aliphatic heterocycles. The zero-order valence-corrected chi connectivity index (χ0v) is 14.7. The molecule has 0 aliphatic rings. The summed E-state index contributed by atoms with van der Waals surface area (Å²) < 4.78 is 3.22. The number of nitrogens with one attached hydrogen (secondary N) is 1. The Labute approximate surface area is 138 Å². The zero-order valence-electron chi connectivity index (χ0n) is 13.8. The van der Waals surface area contributed by atoms with E-state index in [1.807, 2.05) is 4.57 Å². The lowest BCUT2D eigenvalue weighted by atomic mass is 10.2. The van der Waals surface area contributed by atoms with Gasteiger partial charge in [-0.3, -0.25) is 14.3 Å². The second kappa shape index (κ2) is 7.83. The van der Waals surface area contributed by atoms with Gasteiger partial charge in [-0.25, -0.2) is 9.78 Å². The summed E-state index contributed by atoms with van der Waals surface area (Å²) in [4.78, 5) is 30.8. The number of thioether (sulfide) groups is 1. The van der Waals surface area contributed by atoms with Crippen molar-refractivity contribution in [1.82, 2.24) is 19.1 Å². The van der Waals surface area contributed by atoms with Gasteiger partial charge in [0.05, 0.1) is 6.10 Å². The van der Waals surface area contributed by atoms with Gasteiger partial charge in [-0.1, -0.05) is 37.9 Å². The number of rotatable bonds is 8. The van der Waals surface area contributed by atoms with Crippen LogP contribution in [0.1, 0.15) is 39.5 Å². The van der Waals surface area contributed by atoms with Crippen LogP contribution >= 0.6 is 11.8 Å². The summed E-state index contributed by atoms with van der Waals surface area (Å²) in [6, 6.07) is 0. The number of imidazole rings is 1. The van der Waals surface area contributed by atoms with E-state index in [1.54, 1.807) is 14.0 Å². The number of unbranched alkanes of at least 4 members (excludes halogenated alkanes) is 3. The quantitative estimate of drug-likeness (QED) is 0.561. The summed E-state index contributed by atoms with van der Waals surface area (Å²) in [7, 11) is 1.60. The molecule has 2 aromatic rings. The van der Waals surface area contributed by atoms with Gasteiger partial charge >= 0.3 is 5.69 Å². The summed E-state index contributed by atoms with van der Waals surface area (Å²) in [5.41, 5.74) is -0.0563. The maximum absolute atomic E-state index is 12.2. The molecule has 8 heteroatoms. The molecule has 128 valence electrons. The van der Waals surface area contributed by atoms with Crippen LogP contribution in [0.5, 0.6) is 0 Å². The fraction of sp³-hybridized carbons (Fsp3) is 0.667. The van der Waals surface area contributed by atoms with Crippen molar-refractivity contribution in [2.45, 2.75) is 57.3 Å². The molecule has 2 N–H and O–H groups in total. The molecule has 0 aliphatic carbocycles. The average molecular weight is 340 g/mol. The largest absolute Gasteiger partial charge is 0.393 e. The summed E-state index contributed by atoms with van der Waals surface area (Å²) in [5, 5.41) is 10.2. The van der Waals surface area contributed by atoms with Crippen LogP contribution in [0.25, 0.3) is 11.2 Å². The monoisotopic (exact) mass is 340 g/mol. The van der Waals surface area contributed by atoms with Gasteiger partial charge in [0.25, 0.3) is 5.56 Å². The van der Waals surface area contributed by atoms with Crippen LogP contribution in [-0.4, -0.2) is 36.1 Å². The Hall–Kier alpha value is -1.54. The fourth-order valence-electron chi connectivity index (χ4n) is 2.42. The maximum Gasteiger partial charge on any atom is 0.329 e. The first-order valence-electron chi connectivity index (χ1n) is 7.96. The minimum atomic E-state index is -0.467. The summed E-state index contributed by atoms with van der Waals surface area (Å²) >= 11 is 1.40. The van der Waals surface area contributed by atoms with E-state index < -0.39 is 17.4 Å². The van der Waals surface area contributed by atoms with Crippen LogP contribution in [0, 0.1) is 0 Å². The first-order chi connectivity index (χ1) is 11.0. The molecular formula is C15H24N4O3S. The number of aromatic nitrogens is 4. The number of aliphatic hydroxyl groups excluding tert-OH is 1. The van der Waals surface area contributed by atoms with Crippen molar-refractivity contribution >= 4 is 22.9 Å². The van der Waals surface area contributed by atoms with Crippen LogP contribution in [0.2, 0.25) is 0 Å². The number of aromatic amines is 1. The topological polar surface area (TPSA) is 92.9 Å². The van der Waals surface area contributed by atoms with Crippen LogP contribution in [0.15, 0.2) is 14.7 Å². The normalized spacial score (nSPS) is 12.9. The molecule has 0 unspecified atom stereocenters. The third kappa shape index (κ3) is 4.06. The van der Waals surface area contributed by atoms with E-state index in [-0.39, 0.29) is 0 Å². The Morgan fingerprint density at radius 2 is 2.04 bits per heavy atom. The molecular weight excluding hydrogens is 316 g/mol. The van der Waals surface area contributed by atoms with Gasteiger partial charge in [0, 0.05) is 19.3 Å². The van der Waals surface area contributed by atoms with Crippen molar-refractivity contribution in [1.29, 1.82) is 0 Å². The number of hydrogen-bond acceptors (Lipinski definition) is 5. The molecule has 2 heterocycles. The second-order valence-electron chi connectivity index (χ2n) is 5.76. The molecule has 23 heavy (non-hydrogen) atoms. The maximum atomic E-state index is 12.2. The predicted octanol–water partition coefficient (Wildman–Crippen LogP) is 1.48. The minimum Gasteiger partial charge on any atom is -0.393 e. The van der Waals surface area contributed by atoms with Gasteiger partial charge in [0.15, 0.2) is 16.3 Å². The highest BCUT2D eigenvalue weighted by molar-refractivity contribution is 7.99. The molecule has 0 saturated carbocycles. The van der Waals surface area contributed by atoms with E-state index in [0.717, 1.165) is 25.7 Å². The molecule has 0 bridgehead atoms. The van der Waals surface area contributed by atoms with Crippen LogP contribution in [-0.2, 0) is 13.6 Å². The molecule has 2 aromatic heterocycles. The zero-order chi connectivity index (χ0) is 17.0. The van der Waals surface area contributed by atoms with Crippen molar-refractivity contribution in [2.24, 2.45) is 7.05 Å². The Morgan fingerprint density at radius 3 is 2.70 bits per heavy atom. The number of fused-ring (bicyclic) bond motifs is 1. The van der Waals surface area contributed by atoms with Crippen LogP contribution in [0.3, 0.4) is 0 Å². The predicted molar refractivity (Wildman–Crippen MR) is 92.1 cm³/mol. The van der Waals surface area contributed by atoms with Gasteiger partial charge < -0.3 is 9.67 Å². The van der Waals surface area contributed by atoms with Gasteiger partial charge in [-0.2, -0.15) is 0 Å². The lowest BCUT2D eigenvalue weighted by molar-refractivity contribution is 0.220. The van der Waals surface area contributed by atoms with E-state index in [0.29, 0.717) is 28.6 Å². The Morgan fingerprint density at radius 1 is 1.30 bits per heavy atom. The average Bonchev–Trinajstić information content (AvgIpc) is 2.86. The highest BCUT2D eigenvalue weighted by atomic mass is 32.2. The molecule has 7 nitrogen and oxygen atoms in total. The third-order valence-corrected chi connectivity index (χ3v) is 4.88. The first kappa shape index (κ1) is 17.8. The number of hydrogen-bond donors (Lipinski definition) is 2. The van der Waals surface area contributed by atoms with Crippen molar-refractivity contribution in [3.63, 3.8) is 0 Å². The molecule has 0 spiro atoms. The molecule has 0 saturated heterocycles. The Bertz CT molecular complexity index is 775. The summed E-state index contributed by atoms with van der Waals surface area (Å²) in [6.45, 7) is 4.54. The Balaban J connectivity index is 2.45. The molecule has 0 fully saturated rings. The number of nitrogens with zero attached hydrogens (tertiary/aromatic N) is 3. The van der Waals surface area contributed by atoms with Gasteiger partial charge in [-0.05, 0) is 13.3 Å². The first-order valence-corrected chi connectivity index (χ1v) is 8.94. The summed E-state index contributed by atoms with van der Waals surface area (Å²) in [6.07, 6.45) is 3.86. The highest BCUT2D eigenvalue weighted by Gasteiger charge is 2.17. The standard InChI is InChI=1S/C15H24N4O3S/c1-4-5-6-7-8-19-11-12(16-15(19)23-9-10(2)20)18(3)14(22)17-13(11)21/h10,20H,4-9H2,1-3H3,(H,17,21,22)/t10-/m1/s1. The SMILES string of the molecule is CCCCCCn1c(SC[C@@H](C)O)nc2c1c(=O)[nH]c(=O)n2C. The highest BCUT2D eigenvalue weighted by Crippen LogP contribution is 2.23. The lowest BCUT2D eigenvalue weighted by Crippen LogP contribution is -2.29. The second-order valence-corrected chi connectivity index (χ2v) is 6.74. The van der Waals surface area contributed by atoms with Crippen molar-refractivity contribution in [3.05, 3.63) is 20.8 Å². The van der Waals surface area contributed by atoms with Crippen molar-refractivity contribution in [2.75, 3.05) is 5.75 Å². The molecule has 2 rings (SSSR count). The minimum absolute atomic E-state index is 0.391.